The van der Waals surface area contributed by atoms with Crippen LogP contribution < -0.4 is 15.5 Å². The molecule has 0 saturated heterocycles. The second kappa shape index (κ2) is 12.0. The van der Waals surface area contributed by atoms with E-state index in [1.807, 2.05) is 30.3 Å². The minimum Gasteiger partial charge on any atom is -0.488 e. The van der Waals surface area contributed by atoms with E-state index in [4.69, 9.17) is 16.3 Å². The van der Waals surface area contributed by atoms with Gasteiger partial charge in [0.15, 0.2) is 0 Å². The number of amides is 2. The first-order chi connectivity index (χ1) is 16.4. The molecule has 0 radical (unpaired) electrons. The van der Waals surface area contributed by atoms with Gasteiger partial charge in [0.1, 0.15) is 24.2 Å². The van der Waals surface area contributed by atoms with Crippen LogP contribution >= 0.6 is 11.6 Å². The summed E-state index contributed by atoms with van der Waals surface area (Å²) < 4.78 is 19.8. The third-order valence-electron chi connectivity index (χ3n) is 4.99. The van der Waals surface area contributed by atoms with Gasteiger partial charge in [0, 0.05) is 16.1 Å². The number of nitrogens with one attached hydrogen (secondary N) is 2. The van der Waals surface area contributed by atoms with Gasteiger partial charge in [-0.3, -0.25) is 9.59 Å². The summed E-state index contributed by atoms with van der Waals surface area (Å²) in [4.78, 5) is 25.1. The number of hydrogen-bond acceptors (Lipinski definition) is 4. The van der Waals surface area contributed by atoms with E-state index in [9.17, 15) is 14.0 Å². The van der Waals surface area contributed by atoms with Gasteiger partial charge in [-0.15, -0.1) is 0 Å². The normalized spacial score (nSPS) is 11.9. The number of halogens is 2. The molecule has 0 bridgehead atoms. The summed E-state index contributed by atoms with van der Waals surface area (Å²) in [6, 6.07) is 19.3. The van der Waals surface area contributed by atoms with Crippen molar-refractivity contribution in [3.05, 3.63) is 100 Å². The van der Waals surface area contributed by atoms with E-state index >= 15 is 0 Å². The van der Waals surface area contributed by atoms with Crippen molar-refractivity contribution < 1.29 is 18.7 Å². The largest absolute Gasteiger partial charge is 0.488 e. The molecule has 3 aromatic carbocycles. The summed E-state index contributed by atoms with van der Waals surface area (Å²) >= 11 is 6.18. The van der Waals surface area contributed by atoms with E-state index in [2.05, 4.69) is 15.8 Å². The van der Waals surface area contributed by atoms with Crippen molar-refractivity contribution in [3.8, 4) is 5.75 Å². The number of hydrogen-bond donors (Lipinski definition) is 2. The first-order valence-corrected chi connectivity index (χ1v) is 11.1. The van der Waals surface area contributed by atoms with E-state index in [-0.39, 0.29) is 18.1 Å². The van der Waals surface area contributed by atoms with Gasteiger partial charge in [-0.05, 0) is 36.2 Å². The fourth-order valence-corrected chi connectivity index (χ4v) is 3.31. The molecule has 0 spiro atoms. The second-order valence-corrected chi connectivity index (χ2v) is 8.23. The highest BCUT2D eigenvalue weighted by molar-refractivity contribution is 6.31. The molecular weight excluding hydrogens is 457 g/mol. The number of ether oxygens (including phenoxy) is 1. The lowest BCUT2D eigenvalue weighted by molar-refractivity contribution is -0.123. The van der Waals surface area contributed by atoms with Crippen LogP contribution in [0.5, 0.6) is 5.75 Å². The zero-order chi connectivity index (χ0) is 24.5. The van der Waals surface area contributed by atoms with Crippen LogP contribution in [0.1, 0.15) is 35.3 Å². The SMILES string of the molecule is CC(C)C(NC(=O)c1ccccc1F)C(=O)N/N=C/c1ccccc1OCc1ccccc1Cl. The third kappa shape index (κ3) is 6.65. The summed E-state index contributed by atoms with van der Waals surface area (Å²) in [5, 5.41) is 7.20. The Balaban J connectivity index is 1.64. The number of benzene rings is 3. The van der Waals surface area contributed by atoms with Gasteiger partial charge in [0.2, 0.25) is 0 Å². The number of para-hydroxylation sites is 1. The molecule has 0 aromatic heterocycles. The summed E-state index contributed by atoms with van der Waals surface area (Å²) in [6.45, 7) is 3.81. The fourth-order valence-electron chi connectivity index (χ4n) is 3.12. The Bertz CT molecular complexity index is 1180. The van der Waals surface area contributed by atoms with Gasteiger partial charge in [0.05, 0.1) is 11.8 Å². The summed E-state index contributed by atoms with van der Waals surface area (Å²) in [7, 11) is 0. The highest BCUT2D eigenvalue weighted by Crippen LogP contribution is 2.21. The van der Waals surface area contributed by atoms with Gasteiger partial charge >= 0.3 is 0 Å². The predicted octanol–water partition coefficient (Wildman–Crippen LogP) is 4.96. The van der Waals surface area contributed by atoms with Gasteiger partial charge in [0.25, 0.3) is 11.8 Å². The van der Waals surface area contributed by atoms with Gasteiger partial charge < -0.3 is 10.1 Å². The van der Waals surface area contributed by atoms with Crippen LogP contribution in [0.15, 0.2) is 77.9 Å². The van der Waals surface area contributed by atoms with Crippen LogP contribution in [-0.2, 0) is 11.4 Å². The van der Waals surface area contributed by atoms with Crippen LogP contribution in [0.4, 0.5) is 4.39 Å². The monoisotopic (exact) mass is 481 g/mol. The van der Waals surface area contributed by atoms with E-state index in [0.29, 0.717) is 16.3 Å². The second-order valence-electron chi connectivity index (χ2n) is 7.83. The molecule has 0 aliphatic rings. The number of carbonyl (C=O) groups excluding carboxylic acids is 2. The van der Waals surface area contributed by atoms with Crippen molar-refractivity contribution in [2.75, 3.05) is 0 Å². The van der Waals surface area contributed by atoms with Crippen LogP contribution in [-0.4, -0.2) is 24.1 Å². The van der Waals surface area contributed by atoms with E-state index in [0.717, 1.165) is 5.56 Å². The molecule has 1 unspecified atom stereocenters. The Morgan fingerprint density at radius 2 is 1.71 bits per heavy atom. The average molecular weight is 482 g/mol. The number of rotatable bonds is 9. The molecule has 2 amide bonds. The molecule has 8 heteroatoms. The molecule has 0 saturated carbocycles. The lowest BCUT2D eigenvalue weighted by atomic mass is 10.0. The predicted molar refractivity (Wildman–Crippen MR) is 130 cm³/mol. The standard InChI is InChI=1S/C26H25ClFN3O3/c1-17(2)24(30-25(32)20-11-5-7-13-22(20)28)26(33)31-29-15-18-9-4-8-14-23(18)34-16-19-10-3-6-12-21(19)27/h3-15,17,24H,16H2,1-2H3,(H,30,32)(H,31,33)/b29-15+. The van der Waals surface area contributed by atoms with E-state index in [1.165, 1.54) is 24.4 Å². The minimum absolute atomic E-state index is 0.131. The quantitative estimate of drug-likeness (QED) is 0.335. The topological polar surface area (TPSA) is 79.8 Å². The Labute approximate surface area is 202 Å². The number of nitrogens with zero attached hydrogens (tertiary/aromatic N) is 1. The molecule has 3 aromatic rings. The Hall–Kier alpha value is -3.71. The molecular formula is C26H25ClFN3O3. The average Bonchev–Trinajstić information content (AvgIpc) is 2.82. The van der Waals surface area contributed by atoms with Gasteiger partial charge in [-0.25, -0.2) is 9.82 Å². The summed E-state index contributed by atoms with van der Waals surface area (Å²) in [6.07, 6.45) is 1.45. The van der Waals surface area contributed by atoms with Crippen molar-refractivity contribution in [2.45, 2.75) is 26.5 Å². The maximum absolute atomic E-state index is 13.9. The molecule has 0 heterocycles. The van der Waals surface area contributed by atoms with Crippen LogP contribution in [0.2, 0.25) is 5.02 Å². The van der Waals surface area contributed by atoms with Crippen LogP contribution in [0.3, 0.4) is 0 Å². The van der Waals surface area contributed by atoms with Crippen LogP contribution in [0.25, 0.3) is 0 Å². The first-order valence-electron chi connectivity index (χ1n) is 10.7. The molecule has 6 nitrogen and oxygen atoms in total. The molecule has 176 valence electrons. The zero-order valence-corrected chi connectivity index (χ0v) is 19.6. The van der Waals surface area contributed by atoms with E-state index < -0.39 is 23.7 Å². The van der Waals surface area contributed by atoms with Crippen molar-refractivity contribution in [1.29, 1.82) is 0 Å². The van der Waals surface area contributed by atoms with Crippen molar-refractivity contribution in [2.24, 2.45) is 11.0 Å². The zero-order valence-electron chi connectivity index (χ0n) is 18.8. The lowest BCUT2D eigenvalue weighted by Crippen LogP contribution is -2.48. The smallest absolute Gasteiger partial charge is 0.262 e. The van der Waals surface area contributed by atoms with Gasteiger partial charge in [-0.2, -0.15) is 5.10 Å². The summed E-state index contributed by atoms with van der Waals surface area (Å²) in [5.74, 6) is -1.54. The molecule has 2 N–H and O–H groups in total. The minimum atomic E-state index is -0.907. The van der Waals surface area contributed by atoms with Crippen molar-refractivity contribution in [1.82, 2.24) is 10.7 Å². The number of hydrazone groups is 1. The fraction of sp³-hybridized carbons (Fsp3) is 0.192. The molecule has 0 aliphatic carbocycles. The highest BCUT2D eigenvalue weighted by Gasteiger charge is 2.25. The third-order valence-corrected chi connectivity index (χ3v) is 5.36. The van der Waals surface area contributed by atoms with Crippen LogP contribution in [0, 0.1) is 11.7 Å². The summed E-state index contributed by atoms with van der Waals surface area (Å²) in [5.41, 5.74) is 3.80. The molecule has 34 heavy (non-hydrogen) atoms. The Morgan fingerprint density at radius 1 is 1.03 bits per heavy atom. The molecule has 0 aliphatic heterocycles. The maximum atomic E-state index is 13.9. The molecule has 3 rings (SSSR count). The van der Waals surface area contributed by atoms with Crippen molar-refractivity contribution in [3.63, 3.8) is 0 Å². The molecule has 1 atom stereocenters. The van der Waals surface area contributed by atoms with Crippen molar-refractivity contribution >= 4 is 29.6 Å². The Morgan fingerprint density at radius 3 is 2.44 bits per heavy atom. The molecule has 0 fully saturated rings. The van der Waals surface area contributed by atoms with Gasteiger partial charge in [-0.1, -0.05) is 67.9 Å². The number of carbonyl (C=O) groups is 2. The van der Waals surface area contributed by atoms with E-state index in [1.54, 1.807) is 38.1 Å². The highest BCUT2D eigenvalue weighted by atomic mass is 35.5. The maximum Gasteiger partial charge on any atom is 0.262 e. The lowest BCUT2D eigenvalue weighted by Gasteiger charge is -2.20. The first kappa shape index (κ1) is 24.9. The Kier molecular flexibility index (Phi) is 8.76.